The Kier molecular flexibility index (Phi) is 2.69. The Morgan fingerprint density at radius 3 is 2.71 bits per heavy atom. The van der Waals surface area contributed by atoms with Gasteiger partial charge in [0.05, 0.1) is 17.6 Å². The fourth-order valence-corrected chi connectivity index (χ4v) is 1.68. The summed E-state index contributed by atoms with van der Waals surface area (Å²) < 4.78 is 0. The highest BCUT2D eigenvalue weighted by Crippen LogP contribution is 2.10. The van der Waals surface area contributed by atoms with Crippen molar-refractivity contribution in [1.82, 2.24) is 20.0 Å². The van der Waals surface area contributed by atoms with Gasteiger partial charge in [0, 0.05) is 32.7 Å². The van der Waals surface area contributed by atoms with Crippen LogP contribution in [-0.2, 0) is 6.54 Å². The molecule has 0 radical (unpaired) electrons. The normalized spacial score (nSPS) is 20.1. The van der Waals surface area contributed by atoms with Crippen LogP contribution in [0.25, 0.3) is 0 Å². The third-order valence-corrected chi connectivity index (χ3v) is 2.73. The molecule has 2 heterocycles. The third kappa shape index (κ3) is 2.05. The van der Waals surface area contributed by atoms with Crippen molar-refractivity contribution in [2.45, 2.75) is 6.54 Å². The van der Waals surface area contributed by atoms with E-state index in [1.807, 2.05) is 0 Å². The van der Waals surface area contributed by atoms with Crippen LogP contribution in [0.3, 0.4) is 0 Å². The largest absolute Gasteiger partial charge is 0.396 e. The van der Waals surface area contributed by atoms with Gasteiger partial charge in [-0.3, -0.25) is 10.00 Å². The summed E-state index contributed by atoms with van der Waals surface area (Å²) in [6.07, 6.45) is 1.67. The van der Waals surface area contributed by atoms with Crippen LogP contribution < -0.4 is 5.73 Å². The molecule has 0 aliphatic carbocycles. The second-order valence-corrected chi connectivity index (χ2v) is 3.88. The topological polar surface area (TPSA) is 61.2 Å². The van der Waals surface area contributed by atoms with Crippen LogP contribution in [0, 0.1) is 0 Å². The van der Waals surface area contributed by atoms with Gasteiger partial charge in [0.25, 0.3) is 0 Å². The molecule has 0 saturated carbocycles. The van der Waals surface area contributed by atoms with Crippen LogP contribution in [0.2, 0.25) is 0 Å². The van der Waals surface area contributed by atoms with Gasteiger partial charge in [-0.25, -0.2) is 0 Å². The van der Waals surface area contributed by atoms with Crippen molar-refractivity contribution in [2.75, 3.05) is 39.0 Å². The Morgan fingerprint density at radius 1 is 1.43 bits per heavy atom. The Bertz CT molecular complexity index is 287. The highest BCUT2D eigenvalue weighted by Gasteiger charge is 2.15. The van der Waals surface area contributed by atoms with Gasteiger partial charge in [0.1, 0.15) is 0 Å². The molecule has 3 N–H and O–H groups in total. The molecule has 0 bridgehead atoms. The molecule has 0 aromatic carbocycles. The highest BCUT2D eigenvalue weighted by atomic mass is 15.3. The first kappa shape index (κ1) is 9.48. The van der Waals surface area contributed by atoms with E-state index in [0.29, 0.717) is 0 Å². The Labute approximate surface area is 83.9 Å². The second kappa shape index (κ2) is 3.98. The summed E-state index contributed by atoms with van der Waals surface area (Å²) in [5.41, 5.74) is 7.56. The second-order valence-electron chi connectivity index (χ2n) is 3.88. The summed E-state index contributed by atoms with van der Waals surface area (Å²) in [6.45, 7) is 5.37. The molecule has 1 aliphatic rings. The molecule has 0 amide bonds. The Morgan fingerprint density at radius 2 is 2.14 bits per heavy atom. The van der Waals surface area contributed by atoms with Crippen molar-refractivity contribution >= 4 is 5.69 Å². The zero-order chi connectivity index (χ0) is 9.97. The molecule has 0 spiro atoms. The lowest BCUT2D eigenvalue weighted by molar-refractivity contribution is 0.147. The molecule has 1 fully saturated rings. The van der Waals surface area contributed by atoms with Crippen LogP contribution in [0.4, 0.5) is 5.69 Å². The zero-order valence-corrected chi connectivity index (χ0v) is 8.53. The lowest BCUT2D eigenvalue weighted by Gasteiger charge is -2.31. The molecule has 14 heavy (non-hydrogen) atoms. The lowest BCUT2D eigenvalue weighted by atomic mass is 10.3. The summed E-state index contributed by atoms with van der Waals surface area (Å²) in [7, 11) is 2.15. The number of anilines is 1. The average Bonchev–Trinajstić information content (AvgIpc) is 2.56. The first-order valence-corrected chi connectivity index (χ1v) is 4.94. The van der Waals surface area contributed by atoms with Crippen LogP contribution in [0.15, 0.2) is 6.20 Å². The number of hydrogen-bond donors (Lipinski definition) is 2. The maximum atomic E-state index is 5.75. The quantitative estimate of drug-likeness (QED) is 0.682. The predicted octanol–water partition coefficient (Wildman–Crippen LogP) is -0.261. The molecule has 0 atom stereocenters. The maximum Gasteiger partial charge on any atom is 0.0743 e. The monoisotopic (exact) mass is 195 g/mol. The van der Waals surface area contributed by atoms with Gasteiger partial charge in [-0.15, -0.1) is 0 Å². The van der Waals surface area contributed by atoms with Crippen molar-refractivity contribution in [3.05, 3.63) is 11.9 Å². The van der Waals surface area contributed by atoms with Crippen LogP contribution in [0.1, 0.15) is 5.69 Å². The standard InChI is InChI=1S/C9H17N5/c1-13-2-4-14(5-3-13)7-9-8(10)6-11-12-9/h6H,2-5,7,10H2,1H3,(H,11,12). The molecular weight excluding hydrogens is 178 g/mol. The Hall–Kier alpha value is -1.07. The molecule has 1 saturated heterocycles. The highest BCUT2D eigenvalue weighted by molar-refractivity contribution is 5.39. The van der Waals surface area contributed by atoms with E-state index < -0.39 is 0 Å². The number of nitrogens with two attached hydrogens (primary N) is 1. The number of aromatic nitrogens is 2. The minimum atomic E-state index is 0.768. The summed E-state index contributed by atoms with van der Waals surface area (Å²) in [5, 5.41) is 6.85. The number of H-pyrrole nitrogens is 1. The van der Waals surface area contributed by atoms with E-state index in [2.05, 4.69) is 27.0 Å². The molecule has 1 aromatic rings. The van der Waals surface area contributed by atoms with Crippen molar-refractivity contribution in [3.8, 4) is 0 Å². The molecule has 78 valence electrons. The number of nitrogen functional groups attached to an aromatic ring is 1. The fraction of sp³-hybridized carbons (Fsp3) is 0.667. The zero-order valence-electron chi connectivity index (χ0n) is 8.53. The van der Waals surface area contributed by atoms with Crippen molar-refractivity contribution in [3.63, 3.8) is 0 Å². The van der Waals surface area contributed by atoms with Gasteiger partial charge in [-0.2, -0.15) is 5.10 Å². The van der Waals surface area contributed by atoms with E-state index in [-0.39, 0.29) is 0 Å². The number of rotatable bonds is 2. The van der Waals surface area contributed by atoms with Crippen molar-refractivity contribution < 1.29 is 0 Å². The summed E-state index contributed by atoms with van der Waals surface area (Å²) in [5.74, 6) is 0. The van der Waals surface area contributed by atoms with E-state index in [9.17, 15) is 0 Å². The van der Waals surface area contributed by atoms with Gasteiger partial charge in [-0.1, -0.05) is 0 Å². The summed E-state index contributed by atoms with van der Waals surface area (Å²) in [6, 6.07) is 0. The first-order valence-electron chi connectivity index (χ1n) is 4.94. The number of nitrogens with one attached hydrogen (secondary N) is 1. The molecule has 1 aliphatic heterocycles. The third-order valence-electron chi connectivity index (χ3n) is 2.73. The van der Waals surface area contributed by atoms with Gasteiger partial charge < -0.3 is 10.6 Å². The van der Waals surface area contributed by atoms with Crippen LogP contribution in [0.5, 0.6) is 0 Å². The number of piperazine rings is 1. The van der Waals surface area contributed by atoms with E-state index in [4.69, 9.17) is 5.73 Å². The number of hydrogen-bond acceptors (Lipinski definition) is 4. The van der Waals surface area contributed by atoms with E-state index in [0.717, 1.165) is 44.1 Å². The SMILES string of the molecule is CN1CCN(Cc2[nH]ncc2N)CC1. The molecule has 1 aromatic heterocycles. The van der Waals surface area contributed by atoms with Crippen molar-refractivity contribution in [2.24, 2.45) is 0 Å². The fourth-order valence-electron chi connectivity index (χ4n) is 1.68. The maximum absolute atomic E-state index is 5.75. The first-order chi connectivity index (χ1) is 6.75. The lowest BCUT2D eigenvalue weighted by Crippen LogP contribution is -2.44. The van der Waals surface area contributed by atoms with Gasteiger partial charge in [0.2, 0.25) is 0 Å². The van der Waals surface area contributed by atoms with E-state index in [1.165, 1.54) is 0 Å². The van der Waals surface area contributed by atoms with Gasteiger partial charge >= 0.3 is 0 Å². The summed E-state index contributed by atoms with van der Waals surface area (Å²) >= 11 is 0. The average molecular weight is 195 g/mol. The minimum absolute atomic E-state index is 0.768. The molecule has 5 heteroatoms. The van der Waals surface area contributed by atoms with Gasteiger partial charge in [-0.05, 0) is 7.05 Å². The Balaban J connectivity index is 1.89. The van der Waals surface area contributed by atoms with E-state index >= 15 is 0 Å². The number of aromatic amines is 1. The molecular formula is C9H17N5. The smallest absolute Gasteiger partial charge is 0.0743 e. The number of likely N-dealkylation sites (N-methyl/N-ethyl adjacent to an activating group) is 1. The molecule has 2 rings (SSSR count). The minimum Gasteiger partial charge on any atom is -0.396 e. The summed E-state index contributed by atoms with van der Waals surface area (Å²) in [4.78, 5) is 4.73. The van der Waals surface area contributed by atoms with Gasteiger partial charge in [0.15, 0.2) is 0 Å². The molecule has 0 unspecified atom stereocenters. The van der Waals surface area contributed by atoms with Crippen LogP contribution in [-0.4, -0.2) is 53.2 Å². The van der Waals surface area contributed by atoms with Crippen LogP contribution >= 0.6 is 0 Å². The van der Waals surface area contributed by atoms with E-state index in [1.54, 1.807) is 6.20 Å². The van der Waals surface area contributed by atoms with Crippen molar-refractivity contribution in [1.29, 1.82) is 0 Å². The predicted molar refractivity (Wildman–Crippen MR) is 55.8 cm³/mol. The molecule has 5 nitrogen and oxygen atoms in total. The number of nitrogens with zero attached hydrogens (tertiary/aromatic N) is 3.